The van der Waals surface area contributed by atoms with E-state index in [-0.39, 0.29) is 0 Å². The monoisotopic (exact) mass is 259 g/mol. The molecule has 1 saturated heterocycles. The summed E-state index contributed by atoms with van der Waals surface area (Å²) in [5.41, 5.74) is 2.40. The van der Waals surface area contributed by atoms with Crippen LogP contribution in [0.2, 0.25) is 0 Å². The second-order valence-corrected chi connectivity index (χ2v) is 5.50. The summed E-state index contributed by atoms with van der Waals surface area (Å²) >= 11 is 1.73. The van der Waals surface area contributed by atoms with Crippen LogP contribution >= 0.6 is 11.3 Å². The topological polar surface area (TPSA) is 28.2 Å². The van der Waals surface area contributed by atoms with Gasteiger partial charge >= 0.3 is 0 Å². The summed E-state index contributed by atoms with van der Waals surface area (Å²) in [7, 11) is 2.17. The molecule has 0 amide bonds. The van der Waals surface area contributed by atoms with Crippen LogP contribution in [0.4, 0.5) is 0 Å². The molecule has 94 valence electrons. The Hall–Kier alpha value is -1.23. The third-order valence-corrected chi connectivity index (χ3v) is 4.30. The maximum Gasteiger partial charge on any atom is 0.123 e. The van der Waals surface area contributed by atoms with Gasteiger partial charge in [0.15, 0.2) is 0 Å². The van der Waals surface area contributed by atoms with Crippen molar-refractivity contribution in [2.45, 2.75) is 6.04 Å². The minimum Gasteiger partial charge on any atom is -0.313 e. The van der Waals surface area contributed by atoms with Gasteiger partial charge in [0.1, 0.15) is 5.01 Å². The van der Waals surface area contributed by atoms with E-state index in [0.717, 1.165) is 24.6 Å². The van der Waals surface area contributed by atoms with Crippen molar-refractivity contribution in [1.29, 1.82) is 0 Å². The highest BCUT2D eigenvalue weighted by Crippen LogP contribution is 2.28. The fraction of sp³-hybridized carbons (Fsp3) is 0.357. The molecule has 2 heterocycles. The largest absolute Gasteiger partial charge is 0.313 e. The zero-order valence-electron chi connectivity index (χ0n) is 10.5. The van der Waals surface area contributed by atoms with E-state index in [1.807, 2.05) is 6.07 Å². The van der Waals surface area contributed by atoms with Gasteiger partial charge < -0.3 is 5.32 Å². The number of thiazole rings is 1. The first-order valence-electron chi connectivity index (χ1n) is 6.26. The van der Waals surface area contributed by atoms with Gasteiger partial charge in [-0.1, -0.05) is 30.3 Å². The normalized spacial score (nSPS) is 21.1. The van der Waals surface area contributed by atoms with Crippen molar-refractivity contribution in [3.63, 3.8) is 0 Å². The van der Waals surface area contributed by atoms with Crippen LogP contribution in [-0.2, 0) is 0 Å². The van der Waals surface area contributed by atoms with Crippen molar-refractivity contribution in [1.82, 2.24) is 15.2 Å². The minimum absolute atomic E-state index is 0.410. The van der Waals surface area contributed by atoms with Crippen LogP contribution in [0.25, 0.3) is 10.6 Å². The van der Waals surface area contributed by atoms with E-state index in [9.17, 15) is 0 Å². The number of hydrogen-bond acceptors (Lipinski definition) is 4. The molecule has 0 bridgehead atoms. The molecule has 3 nitrogen and oxygen atoms in total. The molecular weight excluding hydrogens is 242 g/mol. The Morgan fingerprint density at radius 2 is 2.17 bits per heavy atom. The number of nitrogens with one attached hydrogen (secondary N) is 1. The summed E-state index contributed by atoms with van der Waals surface area (Å²) in [5.74, 6) is 0. The van der Waals surface area contributed by atoms with Gasteiger partial charge in [0.25, 0.3) is 0 Å². The Kier molecular flexibility index (Phi) is 3.41. The predicted molar refractivity (Wildman–Crippen MR) is 75.8 cm³/mol. The lowest BCUT2D eigenvalue weighted by atomic mass is 10.1. The maximum atomic E-state index is 4.79. The summed E-state index contributed by atoms with van der Waals surface area (Å²) in [6, 6.07) is 10.8. The Bertz CT molecular complexity index is 509. The number of piperazine rings is 1. The first kappa shape index (κ1) is 11.8. The van der Waals surface area contributed by atoms with Crippen LogP contribution in [0, 0.1) is 0 Å². The molecule has 1 aliphatic rings. The molecule has 1 fully saturated rings. The van der Waals surface area contributed by atoms with Crippen molar-refractivity contribution < 1.29 is 0 Å². The van der Waals surface area contributed by atoms with Crippen LogP contribution in [0.5, 0.6) is 0 Å². The van der Waals surface area contributed by atoms with E-state index in [1.54, 1.807) is 11.3 Å². The highest BCUT2D eigenvalue weighted by molar-refractivity contribution is 7.13. The first-order valence-corrected chi connectivity index (χ1v) is 7.14. The molecule has 0 aliphatic carbocycles. The number of benzene rings is 1. The minimum atomic E-state index is 0.410. The summed E-state index contributed by atoms with van der Waals surface area (Å²) < 4.78 is 0. The SMILES string of the molecule is CN1CCNCC1c1csc(-c2ccccc2)n1. The van der Waals surface area contributed by atoms with Crippen molar-refractivity contribution >= 4 is 11.3 Å². The average molecular weight is 259 g/mol. The van der Waals surface area contributed by atoms with Gasteiger partial charge in [-0.05, 0) is 7.05 Å². The Morgan fingerprint density at radius 3 is 2.94 bits per heavy atom. The smallest absolute Gasteiger partial charge is 0.123 e. The van der Waals surface area contributed by atoms with E-state index in [1.165, 1.54) is 11.3 Å². The van der Waals surface area contributed by atoms with Gasteiger partial charge in [-0.3, -0.25) is 4.90 Å². The van der Waals surface area contributed by atoms with E-state index >= 15 is 0 Å². The van der Waals surface area contributed by atoms with Crippen LogP contribution in [0.1, 0.15) is 11.7 Å². The van der Waals surface area contributed by atoms with Crippen LogP contribution in [0.3, 0.4) is 0 Å². The molecule has 2 aromatic rings. The van der Waals surface area contributed by atoms with Gasteiger partial charge in [-0.2, -0.15) is 0 Å². The van der Waals surface area contributed by atoms with Gasteiger partial charge in [-0.25, -0.2) is 4.98 Å². The molecule has 1 aliphatic heterocycles. The van der Waals surface area contributed by atoms with E-state index in [0.29, 0.717) is 6.04 Å². The maximum absolute atomic E-state index is 4.79. The molecule has 4 heteroatoms. The standard InChI is InChI=1S/C14H17N3S/c1-17-8-7-15-9-13(17)12-10-18-14(16-12)11-5-3-2-4-6-11/h2-6,10,13,15H,7-9H2,1H3. The third-order valence-electron chi connectivity index (χ3n) is 3.40. The average Bonchev–Trinajstić information content (AvgIpc) is 2.90. The van der Waals surface area contributed by atoms with Crippen molar-refractivity contribution in [2.75, 3.05) is 26.7 Å². The van der Waals surface area contributed by atoms with E-state index in [2.05, 4.69) is 46.9 Å². The van der Waals surface area contributed by atoms with Crippen molar-refractivity contribution in [3.05, 3.63) is 41.4 Å². The molecule has 0 radical (unpaired) electrons. The van der Waals surface area contributed by atoms with E-state index < -0.39 is 0 Å². The van der Waals surface area contributed by atoms with Gasteiger partial charge in [0.05, 0.1) is 11.7 Å². The number of aromatic nitrogens is 1. The van der Waals surface area contributed by atoms with E-state index in [4.69, 9.17) is 4.98 Å². The predicted octanol–water partition coefficient (Wildman–Crippen LogP) is 2.39. The molecule has 0 spiro atoms. The molecular formula is C14H17N3S. The molecule has 3 rings (SSSR count). The fourth-order valence-corrected chi connectivity index (χ4v) is 3.16. The molecule has 1 aromatic carbocycles. The lowest BCUT2D eigenvalue weighted by molar-refractivity contribution is 0.199. The Morgan fingerprint density at radius 1 is 1.33 bits per heavy atom. The molecule has 18 heavy (non-hydrogen) atoms. The summed E-state index contributed by atoms with van der Waals surface area (Å²) in [6.07, 6.45) is 0. The Labute approximate surface area is 111 Å². The summed E-state index contributed by atoms with van der Waals surface area (Å²) in [4.78, 5) is 7.17. The zero-order valence-corrected chi connectivity index (χ0v) is 11.3. The third kappa shape index (κ3) is 2.32. The molecule has 1 aromatic heterocycles. The van der Waals surface area contributed by atoms with Gasteiger partial charge in [0, 0.05) is 30.6 Å². The molecule has 1 unspecified atom stereocenters. The fourth-order valence-electron chi connectivity index (χ4n) is 2.29. The number of nitrogens with zero attached hydrogens (tertiary/aromatic N) is 2. The number of likely N-dealkylation sites (N-methyl/N-ethyl adjacent to an activating group) is 1. The lowest BCUT2D eigenvalue weighted by Gasteiger charge is -2.31. The highest BCUT2D eigenvalue weighted by atomic mass is 32.1. The van der Waals surface area contributed by atoms with Crippen molar-refractivity contribution in [2.24, 2.45) is 0 Å². The molecule has 1 atom stereocenters. The first-order chi connectivity index (χ1) is 8.84. The summed E-state index contributed by atoms with van der Waals surface area (Å²) in [5, 5.41) is 6.74. The zero-order chi connectivity index (χ0) is 12.4. The lowest BCUT2D eigenvalue weighted by Crippen LogP contribution is -2.43. The molecule has 1 N–H and O–H groups in total. The number of rotatable bonds is 2. The Balaban J connectivity index is 1.85. The van der Waals surface area contributed by atoms with Crippen molar-refractivity contribution in [3.8, 4) is 10.6 Å². The van der Waals surface area contributed by atoms with Crippen LogP contribution in [0.15, 0.2) is 35.7 Å². The second kappa shape index (κ2) is 5.18. The number of hydrogen-bond donors (Lipinski definition) is 1. The highest BCUT2D eigenvalue weighted by Gasteiger charge is 2.22. The van der Waals surface area contributed by atoms with Crippen LogP contribution in [-0.4, -0.2) is 36.6 Å². The summed E-state index contributed by atoms with van der Waals surface area (Å²) in [6.45, 7) is 3.15. The van der Waals surface area contributed by atoms with Crippen LogP contribution < -0.4 is 5.32 Å². The second-order valence-electron chi connectivity index (χ2n) is 4.64. The van der Waals surface area contributed by atoms with Gasteiger partial charge in [0.2, 0.25) is 0 Å². The molecule has 0 saturated carbocycles. The van der Waals surface area contributed by atoms with Gasteiger partial charge in [-0.15, -0.1) is 11.3 Å². The quantitative estimate of drug-likeness (QED) is 0.897.